The lowest BCUT2D eigenvalue weighted by Gasteiger charge is -2.25. The minimum Gasteiger partial charge on any atom is -0.493 e. The van der Waals surface area contributed by atoms with Crippen LogP contribution in [0.25, 0.3) is 10.9 Å². The number of para-hydroxylation sites is 1. The monoisotopic (exact) mass is 495 g/mol. The zero-order valence-corrected chi connectivity index (χ0v) is 19.9. The Morgan fingerprint density at radius 3 is 2.00 bits per heavy atom. The summed E-state index contributed by atoms with van der Waals surface area (Å²) in [5, 5.41) is 32.0. The van der Waals surface area contributed by atoms with E-state index in [9.17, 15) is 15.0 Å². The molecule has 0 saturated carbocycles. The predicted octanol–water partition coefficient (Wildman–Crippen LogP) is 6.60. The van der Waals surface area contributed by atoms with E-state index < -0.39 is 11.5 Å². The van der Waals surface area contributed by atoms with E-state index in [-0.39, 0.29) is 11.6 Å². The number of azo groups is 1. The van der Waals surface area contributed by atoms with Crippen molar-refractivity contribution in [1.29, 1.82) is 0 Å². The number of rotatable bonds is 6. The van der Waals surface area contributed by atoms with Gasteiger partial charge in [-0.15, -0.1) is 10.2 Å². The molecule has 0 bridgehead atoms. The van der Waals surface area contributed by atoms with Crippen LogP contribution in [0.15, 0.2) is 119 Å². The maximum atomic E-state index is 13.4. The molecule has 0 aliphatic rings. The highest BCUT2D eigenvalue weighted by atomic mass is 35.5. The van der Waals surface area contributed by atoms with Crippen LogP contribution < -0.4 is 0 Å². The van der Waals surface area contributed by atoms with E-state index in [2.05, 4.69) is 10.2 Å². The van der Waals surface area contributed by atoms with Crippen molar-refractivity contribution >= 4 is 34.1 Å². The third-order valence-corrected chi connectivity index (χ3v) is 6.51. The van der Waals surface area contributed by atoms with E-state index in [1.165, 1.54) is 0 Å². The van der Waals surface area contributed by atoms with Crippen LogP contribution in [0.1, 0.15) is 16.7 Å². The third kappa shape index (κ3) is 4.17. The second-order valence-corrected chi connectivity index (χ2v) is 8.72. The van der Waals surface area contributed by atoms with Crippen LogP contribution >= 0.6 is 11.6 Å². The molecule has 1 aromatic heterocycles. The molecule has 0 unspecified atom stereocenters. The first kappa shape index (κ1) is 23.5. The Bertz CT molecular complexity index is 1520. The molecular formula is C29H22ClN3O3. The Hall–Kier alpha value is -4.26. The molecule has 0 saturated heterocycles. The predicted molar refractivity (Wildman–Crippen MR) is 140 cm³/mol. The second-order valence-electron chi connectivity index (χ2n) is 8.31. The highest BCUT2D eigenvalue weighted by Crippen LogP contribution is 2.40. The van der Waals surface area contributed by atoms with Gasteiger partial charge in [0, 0.05) is 10.4 Å². The van der Waals surface area contributed by atoms with Gasteiger partial charge in [-0.2, -0.15) is 0 Å². The Kier molecular flexibility index (Phi) is 6.38. The number of hydrogen-bond acceptors (Lipinski definition) is 4. The molecule has 0 fully saturated rings. The topological polar surface area (TPSA) is 87.2 Å². The molecular weight excluding hydrogens is 474 g/mol. The number of carbonyl (C=O) groups excluding carboxylic acids is 1. The molecule has 6 nitrogen and oxygen atoms in total. The summed E-state index contributed by atoms with van der Waals surface area (Å²) in [5.41, 5.74) is 0.345. The highest BCUT2D eigenvalue weighted by Gasteiger charge is 2.40. The number of aliphatic hydroxyl groups is 1. The zero-order valence-electron chi connectivity index (χ0n) is 19.1. The van der Waals surface area contributed by atoms with Gasteiger partial charge in [0.1, 0.15) is 0 Å². The average molecular weight is 496 g/mol. The molecule has 0 aliphatic heterocycles. The van der Waals surface area contributed by atoms with Gasteiger partial charge >= 0.3 is 5.91 Å². The summed E-state index contributed by atoms with van der Waals surface area (Å²) in [7, 11) is 0. The minimum absolute atomic E-state index is 0.134. The third-order valence-electron chi connectivity index (χ3n) is 6.14. The number of fused-ring (bicyclic) bond motifs is 1. The number of nitrogens with zero attached hydrogens (tertiary/aromatic N) is 3. The Morgan fingerprint density at radius 2 is 1.36 bits per heavy atom. The summed E-state index contributed by atoms with van der Waals surface area (Å²) in [5.74, 6) is -1.03. The molecule has 7 heteroatoms. The molecule has 1 amide bonds. The van der Waals surface area contributed by atoms with Gasteiger partial charge in [-0.05, 0) is 28.8 Å². The van der Waals surface area contributed by atoms with Crippen molar-refractivity contribution in [1.82, 2.24) is 4.57 Å². The van der Waals surface area contributed by atoms with Gasteiger partial charge in [0.05, 0.1) is 12.1 Å². The lowest BCUT2D eigenvalue weighted by atomic mass is 9.86. The van der Waals surface area contributed by atoms with Crippen molar-refractivity contribution in [2.24, 2.45) is 10.2 Å². The molecule has 36 heavy (non-hydrogen) atoms. The summed E-state index contributed by atoms with van der Waals surface area (Å²) in [6, 6.07) is 31.9. The van der Waals surface area contributed by atoms with Gasteiger partial charge in [-0.25, -0.2) is 0 Å². The van der Waals surface area contributed by atoms with Crippen LogP contribution in [0.2, 0.25) is 5.02 Å². The number of aromatic hydroxyl groups is 1. The molecule has 0 aliphatic carbocycles. The van der Waals surface area contributed by atoms with Gasteiger partial charge in [0.25, 0.3) is 0 Å². The fourth-order valence-corrected chi connectivity index (χ4v) is 4.46. The molecule has 0 radical (unpaired) electrons. The number of hydrogen-bond donors (Lipinski definition) is 2. The molecule has 178 valence electrons. The Labute approximate surface area is 212 Å². The summed E-state index contributed by atoms with van der Waals surface area (Å²) < 4.78 is 1.66. The molecule has 1 heterocycles. The Morgan fingerprint density at radius 1 is 0.806 bits per heavy atom. The van der Waals surface area contributed by atoms with Crippen molar-refractivity contribution in [2.45, 2.75) is 12.1 Å². The van der Waals surface area contributed by atoms with Crippen LogP contribution in [0.4, 0.5) is 5.69 Å². The quantitative estimate of drug-likeness (QED) is 0.260. The largest absolute Gasteiger partial charge is 0.493 e. The number of amides is 1. The smallest absolute Gasteiger partial charge is 0.305 e. The van der Waals surface area contributed by atoms with E-state index in [1.807, 2.05) is 36.4 Å². The van der Waals surface area contributed by atoms with Crippen LogP contribution in [0, 0.1) is 0 Å². The standard InChI is InChI=1S/C29H22ClN3O3/c30-24-17-9-7-11-20(24)19-33-25-18-10-8-16-23(25)26(27(33)34)31-32-28(35)29(36,21-12-3-1-4-13-21)22-14-5-2-6-15-22/h1-18,34,36H,19H2. The van der Waals surface area contributed by atoms with Gasteiger partial charge < -0.3 is 14.8 Å². The number of carbonyl (C=O) groups is 1. The average Bonchev–Trinajstić information content (AvgIpc) is 3.19. The van der Waals surface area contributed by atoms with E-state index in [0.29, 0.717) is 33.6 Å². The summed E-state index contributed by atoms with van der Waals surface area (Å²) >= 11 is 6.34. The van der Waals surface area contributed by atoms with Crippen molar-refractivity contribution in [2.75, 3.05) is 0 Å². The van der Waals surface area contributed by atoms with E-state index >= 15 is 0 Å². The Balaban J connectivity index is 1.58. The van der Waals surface area contributed by atoms with Crippen LogP contribution in [-0.4, -0.2) is 20.7 Å². The fraction of sp³-hybridized carbons (Fsp3) is 0.0690. The lowest BCUT2D eigenvalue weighted by Crippen LogP contribution is -2.35. The lowest BCUT2D eigenvalue weighted by molar-refractivity contribution is -0.133. The van der Waals surface area contributed by atoms with Crippen molar-refractivity contribution in [3.8, 4) is 5.88 Å². The van der Waals surface area contributed by atoms with Crippen LogP contribution in [0.5, 0.6) is 5.88 Å². The normalized spacial score (nSPS) is 11.8. The highest BCUT2D eigenvalue weighted by molar-refractivity contribution is 6.31. The molecule has 0 atom stereocenters. The number of benzene rings is 4. The van der Waals surface area contributed by atoms with Gasteiger partial charge in [-0.1, -0.05) is 109 Å². The summed E-state index contributed by atoms with van der Waals surface area (Å²) in [6.45, 7) is 0.299. The van der Waals surface area contributed by atoms with E-state index in [4.69, 9.17) is 11.6 Å². The van der Waals surface area contributed by atoms with Crippen molar-refractivity contribution in [3.63, 3.8) is 0 Å². The first-order chi connectivity index (χ1) is 17.5. The van der Waals surface area contributed by atoms with Crippen molar-refractivity contribution < 1.29 is 15.0 Å². The van der Waals surface area contributed by atoms with Crippen LogP contribution in [0.3, 0.4) is 0 Å². The van der Waals surface area contributed by atoms with Crippen molar-refractivity contribution in [3.05, 3.63) is 131 Å². The summed E-state index contributed by atoms with van der Waals surface area (Å²) in [6.07, 6.45) is 0. The molecule has 0 spiro atoms. The molecule has 4 aromatic carbocycles. The second kappa shape index (κ2) is 9.77. The fourth-order valence-electron chi connectivity index (χ4n) is 4.27. The molecule has 5 rings (SSSR count). The van der Waals surface area contributed by atoms with Gasteiger partial charge in [0.2, 0.25) is 5.88 Å². The SMILES string of the molecule is O=C(N=Nc1c(O)n(Cc2ccccc2Cl)c2ccccc12)C(O)(c1ccccc1)c1ccccc1. The number of halogens is 1. The first-order valence-corrected chi connectivity index (χ1v) is 11.7. The first-order valence-electron chi connectivity index (χ1n) is 11.3. The zero-order chi connectivity index (χ0) is 25.1. The molecule has 5 aromatic rings. The van der Waals surface area contributed by atoms with Crippen LogP contribution in [-0.2, 0) is 16.9 Å². The minimum atomic E-state index is -2.04. The number of aromatic nitrogens is 1. The molecule has 2 N–H and O–H groups in total. The van der Waals surface area contributed by atoms with Gasteiger partial charge in [-0.3, -0.25) is 4.79 Å². The van der Waals surface area contributed by atoms with E-state index in [0.717, 1.165) is 5.56 Å². The maximum Gasteiger partial charge on any atom is 0.305 e. The maximum absolute atomic E-state index is 13.4. The van der Waals surface area contributed by atoms with E-state index in [1.54, 1.807) is 77.4 Å². The summed E-state index contributed by atoms with van der Waals surface area (Å²) in [4.78, 5) is 13.4. The van der Waals surface area contributed by atoms with Gasteiger partial charge in [0.15, 0.2) is 11.3 Å².